The second-order valence-corrected chi connectivity index (χ2v) is 6.47. The average molecular weight is 440 g/mol. The van der Waals surface area contributed by atoms with E-state index in [1.807, 2.05) is 6.07 Å². The van der Waals surface area contributed by atoms with Crippen molar-refractivity contribution in [2.24, 2.45) is 0 Å². The minimum atomic E-state index is -4.85. The van der Waals surface area contributed by atoms with Crippen molar-refractivity contribution in [2.45, 2.75) is 25.4 Å². The van der Waals surface area contributed by atoms with E-state index in [1.165, 1.54) is 0 Å². The molecule has 1 unspecified atom stereocenters. The highest BCUT2D eigenvalue weighted by molar-refractivity contribution is 14.1. The van der Waals surface area contributed by atoms with E-state index in [-0.39, 0.29) is 25.4 Å². The number of nitrogens with zero attached hydrogens (tertiary/aromatic N) is 2. The van der Waals surface area contributed by atoms with Gasteiger partial charge in [-0.25, -0.2) is 4.98 Å². The summed E-state index contributed by atoms with van der Waals surface area (Å²) in [5, 5.41) is 0. The molecule has 1 aromatic rings. The van der Waals surface area contributed by atoms with Crippen LogP contribution >= 0.6 is 22.6 Å². The van der Waals surface area contributed by atoms with Crippen molar-refractivity contribution in [2.75, 3.05) is 19.7 Å². The lowest BCUT2D eigenvalue weighted by atomic mass is 9.99. The molecule has 1 aliphatic heterocycles. The van der Waals surface area contributed by atoms with Crippen LogP contribution in [0.5, 0.6) is 5.88 Å². The molecule has 0 fully saturated rings. The topological polar surface area (TPSA) is 42.4 Å². The van der Waals surface area contributed by atoms with Crippen molar-refractivity contribution in [3.63, 3.8) is 0 Å². The van der Waals surface area contributed by atoms with Gasteiger partial charge in [0.1, 0.15) is 6.61 Å². The van der Waals surface area contributed by atoms with E-state index < -0.39 is 12.1 Å². The van der Waals surface area contributed by atoms with Crippen LogP contribution in [0.2, 0.25) is 0 Å². The molecule has 4 nitrogen and oxygen atoms in total. The Labute approximate surface area is 145 Å². The molecule has 0 aromatic carbocycles. The Morgan fingerprint density at radius 1 is 1.61 bits per heavy atom. The molecule has 0 aliphatic carbocycles. The Morgan fingerprint density at radius 3 is 2.91 bits per heavy atom. The Morgan fingerprint density at radius 2 is 2.30 bits per heavy atom. The molecule has 1 atom stereocenters. The van der Waals surface area contributed by atoms with Crippen LogP contribution in [-0.4, -0.2) is 41.7 Å². The summed E-state index contributed by atoms with van der Waals surface area (Å²) >= 11 is 2.08. The van der Waals surface area contributed by atoms with Gasteiger partial charge in [-0.3, -0.25) is 4.79 Å². The molecule has 8 heteroatoms. The largest absolute Gasteiger partial charge is 0.473 e. The lowest BCUT2D eigenvalue weighted by molar-refractivity contribution is -0.185. The van der Waals surface area contributed by atoms with Gasteiger partial charge in [0, 0.05) is 31.1 Å². The third-order valence-electron chi connectivity index (χ3n) is 3.57. The number of halogens is 4. The summed E-state index contributed by atoms with van der Waals surface area (Å²) in [5.41, 5.74) is 1.53. The lowest BCUT2D eigenvalue weighted by Crippen LogP contribution is -2.42. The number of aromatic nitrogens is 1. The quantitative estimate of drug-likeness (QED) is 0.536. The molecule has 1 amide bonds. The van der Waals surface area contributed by atoms with Gasteiger partial charge < -0.3 is 9.64 Å². The maximum Gasteiger partial charge on any atom is 0.471 e. The fraction of sp³-hybridized carbons (Fsp3) is 0.467. The minimum Gasteiger partial charge on any atom is -0.473 e. The van der Waals surface area contributed by atoms with Crippen LogP contribution in [0.4, 0.5) is 13.2 Å². The first-order chi connectivity index (χ1) is 10.7. The molecule has 23 heavy (non-hydrogen) atoms. The van der Waals surface area contributed by atoms with Crippen LogP contribution in [0.15, 0.2) is 18.7 Å². The third kappa shape index (κ3) is 4.15. The molecule has 0 bridgehead atoms. The van der Waals surface area contributed by atoms with Gasteiger partial charge in [0.05, 0.1) is 3.57 Å². The Kier molecular flexibility index (Phi) is 5.53. The number of ether oxygens (including phenoxy) is 1. The monoisotopic (exact) mass is 440 g/mol. The fourth-order valence-corrected chi connectivity index (χ4v) is 3.12. The second kappa shape index (κ2) is 7.06. The SMILES string of the molecule is C=CCOc1nc2c(cc1I)C(C)CN(C(=O)C(F)(F)F)CC2. The first-order valence-corrected chi connectivity index (χ1v) is 8.11. The van der Waals surface area contributed by atoms with E-state index in [0.717, 1.165) is 14.0 Å². The summed E-state index contributed by atoms with van der Waals surface area (Å²) in [6, 6.07) is 1.87. The van der Waals surface area contributed by atoms with Crippen LogP contribution in [0, 0.1) is 3.57 Å². The van der Waals surface area contributed by atoms with Gasteiger partial charge in [-0.2, -0.15) is 13.2 Å². The zero-order valence-corrected chi connectivity index (χ0v) is 14.6. The standard InChI is InChI=1S/C15H16F3IN2O2/c1-3-6-23-13-11(19)7-10-9(2)8-21(5-4-12(10)20-13)14(22)15(16,17)18/h3,7,9H,1,4-6,8H2,2H3. The number of rotatable bonds is 3. The number of alkyl halides is 3. The van der Waals surface area contributed by atoms with Crippen molar-refractivity contribution >= 4 is 28.5 Å². The first kappa shape index (κ1) is 18.0. The van der Waals surface area contributed by atoms with Crippen LogP contribution in [0.3, 0.4) is 0 Å². The normalized spacial score (nSPS) is 18.1. The summed E-state index contributed by atoms with van der Waals surface area (Å²) in [7, 11) is 0. The smallest absolute Gasteiger partial charge is 0.471 e. The molecule has 0 N–H and O–H groups in total. The number of carbonyl (C=O) groups excluding carboxylic acids is 1. The molecule has 126 valence electrons. The lowest BCUT2D eigenvalue weighted by Gasteiger charge is -2.23. The molecule has 1 aliphatic rings. The van der Waals surface area contributed by atoms with Crippen LogP contribution in [0.25, 0.3) is 0 Å². The zero-order chi connectivity index (χ0) is 17.2. The van der Waals surface area contributed by atoms with Gasteiger partial charge in [-0.15, -0.1) is 0 Å². The van der Waals surface area contributed by atoms with Crippen molar-refractivity contribution < 1.29 is 22.7 Å². The predicted molar refractivity (Wildman–Crippen MR) is 87.4 cm³/mol. The second-order valence-electron chi connectivity index (χ2n) is 5.31. The summed E-state index contributed by atoms with van der Waals surface area (Å²) in [4.78, 5) is 16.8. The van der Waals surface area contributed by atoms with Crippen molar-refractivity contribution in [1.29, 1.82) is 0 Å². The molecule has 1 aromatic heterocycles. The van der Waals surface area contributed by atoms with E-state index in [2.05, 4.69) is 34.2 Å². The molecule has 0 spiro atoms. The van der Waals surface area contributed by atoms with E-state index in [9.17, 15) is 18.0 Å². The van der Waals surface area contributed by atoms with Crippen LogP contribution in [0.1, 0.15) is 24.1 Å². The Bertz CT molecular complexity index is 619. The molecule has 2 rings (SSSR count). The van der Waals surface area contributed by atoms with E-state index in [4.69, 9.17) is 4.74 Å². The maximum atomic E-state index is 12.7. The Hall–Kier alpha value is -1.32. The summed E-state index contributed by atoms with van der Waals surface area (Å²) in [6.45, 7) is 5.68. The van der Waals surface area contributed by atoms with Gasteiger partial charge >= 0.3 is 12.1 Å². The summed E-state index contributed by atoms with van der Waals surface area (Å²) in [5.74, 6) is -1.59. The summed E-state index contributed by atoms with van der Waals surface area (Å²) in [6.07, 6.45) is -2.99. The maximum absolute atomic E-state index is 12.7. The molecule has 0 saturated heterocycles. The van der Waals surface area contributed by atoms with E-state index in [1.54, 1.807) is 13.0 Å². The molecule has 0 radical (unpaired) electrons. The molecule has 2 heterocycles. The van der Waals surface area contributed by atoms with Crippen LogP contribution < -0.4 is 4.74 Å². The summed E-state index contributed by atoms with van der Waals surface area (Å²) < 4.78 is 44.2. The predicted octanol–water partition coefficient (Wildman–Crippen LogP) is 3.30. The first-order valence-electron chi connectivity index (χ1n) is 7.03. The number of fused-ring (bicyclic) bond motifs is 1. The van der Waals surface area contributed by atoms with E-state index >= 15 is 0 Å². The van der Waals surface area contributed by atoms with Crippen LogP contribution in [-0.2, 0) is 11.2 Å². The molecular formula is C15H16F3IN2O2. The van der Waals surface area contributed by atoms with E-state index in [0.29, 0.717) is 18.2 Å². The van der Waals surface area contributed by atoms with Gasteiger partial charge in [-0.05, 0) is 34.2 Å². The van der Waals surface area contributed by atoms with Gasteiger partial charge in [0.2, 0.25) is 5.88 Å². The zero-order valence-electron chi connectivity index (χ0n) is 12.5. The van der Waals surface area contributed by atoms with Crippen molar-refractivity contribution in [3.05, 3.63) is 33.5 Å². The van der Waals surface area contributed by atoms with Gasteiger partial charge in [0.15, 0.2) is 0 Å². The highest BCUT2D eigenvalue weighted by Gasteiger charge is 2.43. The number of amides is 1. The fourth-order valence-electron chi connectivity index (χ4n) is 2.51. The van der Waals surface area contributed by atoms with Crippen molar-refractivity contribution in [1.82, 2.24) is 9.88 Å². The number of pyridine rings is 1. The average Bonchev–Trinajstić information content (AvgIpc) is 2.63. The molecule has 0 saturated carbocycles. The number of hydrogen-bond donors (Lipinski definition) is 0. The minimum absolute atomic E-state index is 0.00975. The number of carbonyl (C=O) groups is 1. The Balaban J connectivity index is 2.27. The van der Waals surface area contributed by atoms with Gasteiger partial charge in [0.25, 0.3) is 0 Å². The third-order valence-corrected chi connectivity index (χ3v) is 4.34. The highest BCUT2D eigenvalue weighted by Crippen LogP contribution is 2.31. The number of hydrogen-bond acceptors (Lipinski definition) is 3. The van der Waals surface area contributed by atoms with Gasteiger partial charge in [-0.1, -0.05) is 19.6 Å². The van der Waals surface area contributed by atoms with Crippen molar-refractivity contribution in [3.8, 4) is 5.88 Å². The highest BCUT2D eigenvalue weighted by atomic mass is 127. The molecular weight excluding hydrogens is 424 g/mol.